The number of benzene rings is 2. The van der Waals surface area contributed by atoms with Crippen LogP contribution >= 0.6 is 15.9 Å². The van der Waals surface area contributed by atoms with Crippen molar-refractivity contribution in [2.75, 3.05) is 5.32 Å². The summed E-state index contributed by atoms with van der Waals surface area (Å²) in [6, 6.07) is 11.4. The molecule has 0 aliphatic rings. The number of amides is 1. The van der Waals surface area contributed by atoms with Crippen molar-refractivity contribution in [2.24, 2.45) is 0 Å². The van der Waals surface area contributed by atoms with Gasteiger partial charge in [0.25, 0.3) is 5.91 Å². The fourth-order valence-corrected chi connectivity index (χ4v) is 2.05. The largest absolute Gasteiger partial charge is 0.478 e. The average Bonchev–Trinajstić information content (AvgIpc) is 2.43. The summed E-state index contributed by atoms with van der Waals surface area (Å²) in [5, 5.41) is 11.6. The maximum absolute atomic E-state index is 12.1. The van der Waals surface area contributed by atoms with E-state index in [1.165, 1.54) is 24.3 Å². The lowest BCUT2D eigenvalue weighted by Gasteiger charge is -2.09. The second kappa shape index (κ2) is 5.88. The van der Waals surface area contributed by atoms with Gasteiger partial charge in [0.1, 0.15) is 0 Å². The predicted molar refractivity (Wildman–Crippen MR) is 80.2 cm³/mol. The molecule has 20 heavy (non-hydrogen) atoms. The molecule has 4 nitrogen and oxygen atoms in total. The van der Waals surface area contributed by atoms with Gasteiger partial charge in [0.15, 0.2) is 0 Å². The van der Waals surface area contributed by atoms with E-state index in [-0.39, 0.29) is 11.5 Å². The van der Waals surface area contributed by atoms with Crippen molar-refractivity contribution in [1.82, 2.24) is 0 Å². The number of anilines is 1. The van der Waals surface area contributed by atoms with Crippen LogP contribution in [0.1, 0.15) is 26.3 Å². The van der Waals surface area contributed by atoms with Crippen LogP contribution in [0.3, 0.4) is 0 Å². The molecule has 102 valence electrons. The zero-order valence-corrected chi connectivity index (χ0v) is 12.3. The first-order chi connectivity index (χ1) is 9.47. The summed E-state index contributed by atoms with van der Waals surface area (Å²) in [5.74, 6) is -1.29. The number of carbonyl (C=O) groups is 2. The van der Waals surface area contributed by atoms with Gasteiger partial charge < -0.3 is 10.4 Å². The number of nitrogens with one attached hydrogen (secondary N) is 1. The van der Waals surface area contributed by atoms with Crippen molar-refractivity contribution in [1.29, 1.82) is 0 Å². The van der Waals surface area contributed by atoms with Crippen molar-refractivity contribution in [3.05, 3.63) is 63.6 Å². The van der Waals surface area contributed by atoms with E-state index >= 15 is 0 Å². The highest BCUT2D eigenvalue weighted by atomic mass is 79.9. The van der Waals surface area contributed by atoms with Gasteiger partial charge in [-0.15, -0.1) is 0 Å². The number of aromatic carboxylic acids is 1. The van der Waals surface area contributed by atoms with Crippen molar-refractivity contribution in [3.63, 3.8) is 0 Å². The van der Waals surface area contributed by atoms with Gasteiger partial charge in [-0.2, -0.15) is 0 Å². The third-order valence-corrected chi connectivity index (χ3v) is 3.34. The van der Waals surface area contributed by atoms with Gasteiger partial charge in [0.05, 0.1) is 5.56 Å². The summed E-state index contributed by atoms with van der Waals surface area (Å²) in [5.41, 5.74) is 2.23. The molecule has 0 spiro atoms. The quantitative estimate of drug-likeness (QED) is 0.899. The Morgan fingerprint density at radius 3 is 2.25 bits per heavy atom. The van der Waals surface area contributed by atoms with Crippen LogP contribution in [0.4, 0.5) is 5.69 Å². The topological polar surface area (TPSA) is 66.4 Å². The lowest BCUT2D eigenvalue weighted by Crippen LogP contribution is -2.13. The Labute approximate surface area is 124 Å². The minimum Gasteiger partial charge on any atom is -0.478 e. The van der Waals surface area contributed by atoms with E-state index in [1.807, 2.05) is 25.1 Å². The smallest absolute Gasteiger partial charge is 0.335 e. The number of carboxylic acid groups (broad SMARTS) is 1. The molecule has 0 fully saturated rings. The van der Waals surface area contributed by atoms with Gasteiger partial charge in [-0.25, -0.2) is 4.79 Å². The van der Waals surface area contributed by atoms with E-state index in [9.17, 15) is 9.59 Å². The third kappa shape index (κ3) is 3.24. The van der Waals surface area contributed by atoms with Crippen LogP contribution in [0.2, 0.25) is 0 Å². The third-order valence-electron chi connectivity index (χ3n) is 2.84. The minimum atomic E-state index is -1.01. The maximum atomic E-state index is 12.1. The number of rotatable bonds is 3. The molecule has 0 atom stereocenters. The summed E-state index contributed by atoms with van der Waals surface area (Å²) < 4.78 is 0.875. The summed E-state index contributed by atoms with van der Waals surface area (Å²) in [4.78, 5) is 22.8. The fraction of sp³-hybridized carbons (Fsp3) is 0.0667. The van der Waals surface area contributed by atoms with Gasteiger partial charge in [-0.05, 0) is 48.9 Å². The lowest BCUT2D eigenvalue weighted by atomic mass is 10.1. The molecule has 2 aromatic carbocycles. The molecular formula is C15H12BrNO3. The number of halogens is 1. The minimum absolute atomic E-state index is 0.153. The second-order valence-corrected chi connectivity index (χ2v) is 5.21. The van der Waals surface area contributed by atoms with Crippen LogP contribution < -0.4 is 5.32 Å². The molecule has 0 radical (unpaired) electrons. The molecule has 2 rings (SSSR count). The van der Waals surface area contributed by atoms with E-state index in [1.54, 1.807) is 0 Å². The second-order valence-electron chi connectivity index (χ2n) is 4.30. The SMILES string of the molecule is Cc1ccc(Br)cc1NC(=O)c1ccc(C(=O)O)cc1. The Bertz CT molecular complexity index is 665. The van der Waals surface area contributed by atoms with Crippen molar-refractivity contribution in [2.45, 2.75) is 6.92 Å². The highest BCUT2D eigenvalue weighted by Crippen LogP contribution is 2.21. The average molecular weight is 334 g/mol. The van der Waals surface area contributed by atoms with Crippen LogP contribution in [0.5, 0.6) is 0 Å². The molecule has 0 saturated carbocycles. The molecule has 0 aromatic heterocycles. The van der Waals surface area contributed by atoms with E-state index < -0.39 is 5.97 Å². The first-order valence-electron chi connectivity index (χ1n) is 5.88. The van der Waals surface area contributed by atoms with Gasteiger partial charge in [-0.3, -0.25) is 4.79 Å². The van der Waals surface area contributed by atoms with E-state index in [4.69, 9.17) is 5.11 Å². The monoisotopic (exact) mass is 333 g/mol. The Balaban J connectivity index is 2.19. The molecule has 0 saturated heterocycles. The standard InChI is InChI=1S/C15H12BrNO3/c1-9-2-7-12(16)8-13(9)17-14(18)10-3-5-11(6-4-10)15(19)20/h2-8H,1H3,(H,17,18)(H,19,20). The van der Waals surface area contributed by atoms with Gasteiger partial charge >= 0.3 is 5.97 Å². The number of aryl methyl sites for hydroxylation is 1. The zero-order chi connectivity index (χ0) is 14.7. The van der Waals surface area contributed by atoms with Crippen LogP contribution in [-0.2, 0) is 0 Å². The van der Waals surface area contributed by atoms with Crippen LogP contribution in [0, 0.1) is 6.92 Å². The Hall–Kier alpha value is -2.14. The molecule has 0 heterocycles. The summed E-state index contributed by atoms with van der Waals surface area (Å²) in [7, 11) is 0. The van der Waals surface area contributed by atoms with Crippen LogP contribution in [0.15, 0.2) is 46.9 Å². The van der Waals surface area contributed by atoms with Crippen LogP contribution in [0.25, 0.3) is 0 Å². The van der Waals surface area contributed by atoms with Gasteiger partial charge in [0, 0.05) is 15.7 Å². The van der Waals surface area contributed by atoms with Crippen molar-refractivity contribution in [3.8, 4) is 0 Å². The molecular weight excluding hydrogens is 322 g/mol. The normalized spacial score (nSPS) is 10.1. The zero-order valence-electron chi connectivity index (χ0n) is 10.7. The first kappa shape index (κ1) is 14.3. The molecule has 0 unspecified atom stereocenters. The van der Waals surface area contributed by atoms with E-state index in [0.29, 0.717) is 11.3 Å². The summed E-state index contributed by atoms with van der Waals surface area (Å²) >= 11 is 3.35. The van der Waals surface area contributed by atoms with Crippen molar-refractivity contribution >= 4 is 33.5 Å². The Kier molecular flexibility index (Phi) is 4.20. The molecule has 1 amide bonds. The van der Waals surface area contributed by atoms with Crippen molar-refractivity contribution < 1.29 is 14.7 Å². The Morgan fingerprint density at radius 1 is 1.05 bits per heavy atom. The summed E-state index contributed by atoms with van der Waals surface area (Å²) in [6.07, 6.45) is 0. The summed E-state index contributed by atoms with van der Waals surface area (Å²) in [6.45, 7) is 1.90. The molecule has 5 heteroatoms. The Morgan fingerprint density at radius 2 is 1.65 bits per heavy atom. The number of carbonyl (C=O) groups excluding carboxylic acids is 1. The highest BCUT2D eigenvalue weighted by molar-refractivity contribution is 9.10. The fourth-order valence-electron chi connectivity index (χ4n) is 1.69. The number of hydrogen-bond donors (Lipinski definition) is 2. The highest BCUT2D eigenvalue weighted by Gasteiger charge is 2.09. The number of carboxylic acids is 1. The molecule has 0 aliphatic carbocycles. The molecule has 0 aliphatic heterocycles. The van der Waals surface area contributed by atoms with E-state index in [2.05, 4.69) is 21.2 Å². The molecule has 0 bridgehead atoms. The number of hydrogen-bond acceptors (Lipinski definition) is 2. The van der Waals surface area contributed by atoms with Crippen LogP contribution in [-0.4, -0.2) is 17.0 Å². The molecule has 2 aromatic rings. The maximum Gasteiger partial charge on any atom is 0.335 e. The van der Waals surface area contributed by atoms with Gasteiger partial charge in [-0.1, -0.05) is 22.0 Å². The molecule has 2 N–H and O–H groups in total. The predicted octanol–water partition coefficient (Wildman–Crippen LogP) is 3.71. The van der Waals surface area contributed by atoms with Gasteiger partial charge in [0.2, 0.25) is 0 Å². The first-order valence-corrected chi connectivity index (χ1v) is 6.67. The van der Waals surface area contributed by atoms with E-state index in [0.717, 1.165) is 10.0 Å². The lowest BCUT2D eigenvalue weighted by molar-refractivity contribution is 0.0696.